The van der Waals surface area contributed by atoms with Gasteiger partial charge in [0.1, 0.15) is 0 Å². The van der Waals surface area contributed by atoms with Crippen LogP contribution in [0.4, 0.5) is 0 Å². The van der Waals surface area contributed by atoms with Crippen molar-refractivity contribution in [2.75, 3.05) is 0 Å². The number of rotatable bonds is 7. The molecule has 0 saturated heterocycles. The minimum Gasteiger partial charge on any atom is -0.257 e. The summed E-state index contributed by atoms with van der Waals surface area (Å²) in [5.41, 5.74) is 3.19. The fraction of sp³-hybridized carbons (Fsp3) is 0.412. The van der Waals surface area contributed by atoms with E-state index in [2.05, 4.69) is 29.0 Å². The van der Waals surface area contributed by atoms with Gasteiger partial charge in [0, 0.05) is 11.8 Å². The number of hydrogen-bond donors (Lipinski definition) is 0. The van der Waals surface area contributed by atoms with Crippen LogP contribution in [0.5, 0.6) is 0 Å². The number of benzene rings is 1. The Labute approximate surface area is 115 Å². The predicted octanol–water partition coefficient (Wildman–Crippen LogP) is 4.66. The lowest BCUT2D eigenvalue weighted by molar-refractivity contribution is 0.627. The van der Waals surface area contributed by atoms with Gasteiger partial charge in [-0.3, -0.25) is 9.97 Å². The Kier molecular flexibility index (Phi) is 5.54. The Bertz CT molecular complexity index is 462. The maximum Gasteiger partial charge on any atom is 0.0885 e. The van der Waals surface area contributed by atoms with Crippen molar-refractivity contribution in [3.63, 3.8) is 0 Å². The van der Waals surface area contributed by atoms with E-state index >= 15 is 0 Å². The number of aryl methyl sites for hydroxylation is 1. The van der Waals surface area contributed by atoms with Crippen LogP contribution >= 0.6 is 0 Å². The summed E-state index contributed by atoms with van der Waals surface area (Å²) in [6.45, 7) is 2.24. The fourth-order valence-electron chi connectivity index (χ4n) is 2.15. The molecule has 1 heterocycles. The maximum absolute atomic E-state index is 4.51. The Morgan fingerprint density at radius 3 is 2.32 bits per heavy atom. The van der Waals surface area contributed by atoms with Gasteiger partial charge in [-0.1, -0.05) is 62.9 Å². The zero-order valence-electron chi connectivity index (χ0n) is 11.7. The first kappa shape index (κ1) is 13.7. The molecule has 0 aliphatic carbocycles. The number of nitrogens with zero attached hydrogens (tertiary/aromatic N) is 2. The van der Waals surface area contributed by atoms with Crippen LogP contribution in [0.25, 0.3) is 11.3 Å². The zero-order valence-corrected chi connectivity index (χ0v) is 11.7. The van der Waals surface area contributed by atoms with E-state index in [0.717, 1.165) is 23.4 Å². The molecule has 0 atom stereocenters. The molecular formula is C17H22N2. The first-order valence-corrected chi connectivity index (χ1v) is 7.26. The summed E-state index contributed by atoms with van der Waals surface area (Å²) >= 11 is 0. The average molecular weight is 254 g/mol. The van der Waals surface area contributed by atoms with E-state index in [1.807, 2.05) is 30.6 Å². The van der Waals surface area contributed by atoms with Crippen molar-refractivity contribution >= 4 is 0 Å². The monoisotopic (exact) mass is 254 g/mol. The highest BCUT2D eigenvalue weighted by Crippen LogP contribution is 2.15. The van der Waals surface area contributed by atoms with E-state index in [1.165, 1.54) is 32.1 Å². The highest BCUT2D eigenvalue weighted by molar-refractivity contribution is 5.57. The lowest BCUT2D eigenvalue weighted by Crippen LogP contribution is -1.93. The molecule has 0 aliphatic rings. The van der Waals surface area contributed by atoms with Crippen molar-refractivity contribution in [3.05, 3.63) is 48.4 Å². The molecular weight excluding hydrogens is 232 g/mol. The number of aromatic nitrogens is 2. The van der Waals surface area contributed by atoms with Gasteiger partial charge < -0.3 is 0 Å². The molecule has 2 heteroatoms. The van der Waals surface area contributed by atoms with Gasteiger partial charge in [0.25, 0.3) is 0 Å². The molecule has 0 unspecified atom stereocenters. The van der Waals surface area contributed by atoms with Gasteiger partial charge in [0.15, 0.2) is 0 Å². The third-order valence-corrected chi connectivity index (χ3v) is 3.31. The van der Waals surface area contributed by atoms with Crippen molar-refractivity contribution < 1.29 is 0 Å². The van der Waals surface area contributed by atoms with Crippen molar-refractivity contribution in [1.82, 2.24) is 9.97 Å². The molecule has 0 fully saturated rings. The van der Waals surface area contributed by atoms with E-state index in [1.54, 1.807) is 0 Å². The van der Waals surface area contributed by atoms with Crippen molar-refractivity contribution in [3.8, 4) is 11.3 Å². The van der Waals surface area contributed by atoms with Gasteiger partial charge in [-0.05, 0) is 12.8 Å². The van der Waals surface area contributed by atoms with Gasteiger partial charge in [0.05, 0.1) is 17.6 Å². The molecule has 19 heavy (non-hydrogen) atoms. The van der Waals surface area contributed by atoms with Crippen LogP contribution in [-0.4, -0.2) is 9.97 Å². The average Bonchev–Trinajstić information content (AvgIpc) is 2.49. The number of unbranched alkanes of at least 4 members (excludes halogenated alkanes) is 4. The molecule has 1 aromatic heterocycles. The second kappa shape index (κ2) is 7.67. The summed E-state index contributed by atoms with van der Waals surface area (Å²) < 4.78 is 0. The third-order valence-electron chi connectivity index (χ3n) is 3.31. The minimum atomic E-state index is 0.954. The Hall–Kier alpha value is -1.70. The summed E-state index contributed by atoms with van der Waals surface area (Å²) in [4.78, 5) is 9.01. The highest BCUT2D eigenvalue weighted by Gasteiger charge is 2.00. The van der Waals surface area contributed by atoms with Crippen LogP contribution in [0, 0.1) is 0 Å². The predicted molar refractivity (Wildman–Crippen MR) is 79.9 cm³/mol. The SMILES string of the molecule is CCCCCCCc1cnc(-c2ccccc2)cn1. The molecule has 100 valence electrons. The molecule has 0 spiro atoms. The van der Waals surface area contributed by atoms with Crippen LogP contribution in [-0.2, 0) is 6.42 Å². The molecule has 0 radical (unpaired) electrons. The van der Waals surface area contributed by atoms with Crippen LogP contribution < -0.4 is 0 Å². The van der Waals surface area contributed by atoms with Gasteiger partial charge in [-0.15, -0.1) is 0 Å². The van der Waals surface area contributed by atoms with Gasteiger partial charge >= 0.3 is 0 Å². The van der Waals surface area contributed by atoms with Crippen molar-refractivity contribution in [2.24, 2.45) is 0 Å². The quantitative estimate of drug-likeness (QED) is 0.672. The second-order valence-corrected chi connectivity index (χ2v) is 4.92. The first-order valence-electron chi connectivity index (χ1n) is 7.26. The van der Waals surface area contributed by atoms with E-state index in [0.29, 0.717) is 0 Å². The molecule has 0 N–H and O–H groups in total. The third kappa shape index (κ3) is 4.47. The topological polar surface area (TPSA) is 25.8 Å². The largest absolute Gasteiger partial charge is 0.257 e. The lowest BCUT2D eigenvalue weighted by atomic mass is 10.1. The van der Waals surface area contributed by atoms with Gasteiger partial charge in [-0.2, -0.15) is 0 Å². The molecule has 2 nitrogen and oxygen atoms in total. The molecule has 2 rings (SSSR count). The lowest BCUT2D eigenvalue weighted by Gasteiger charge is -2.03. The summed E-state index contributed by atoms with van der Waals surface area (Å²) in [6, 6.07) is 10.2. The minimum absolute atomic E-state index is 0.954. The summed E-state index contributed by atoms with van der Waals surface area (Å²) in [5.74, 6) is 0. The molecule has 1 aromatic carbocycles. The molecule has 0 saturated carbocycles. The normalized spacial score (nSPS) is 10.6. The fourth-order valence-corrected chi connectivity index (χ4v) is 2.15. The Morgan fingerprint density at radius 2 is 1.63 bits per heavy atom. The second-order valence-electron chi connectivity index (χ2n) is 4.92. The van der Waals surface area contributed by atoms with Crippen LogP contribution in [0.2, 0.25) is 0 Å². The number of hydrogen-bond acceptors (Lipinski definition) is 2. The van der Waals surface area contributed by atoms with Crippen molar-refractivity contribution in [1.29, 1.82) is 0 Å². The summed E-state index contributed by atoms with van der Waals surface area (Å²) in [7, 11) is 0. The van der Waals surface area contributed by atoms with E-state index in [9.17, 15) is 0 Å². The standard InChI is InChI=1S/C17H22N2/c1-2-3-4-5-9-12-16-13-19-17(14-18-16)15-10-7-6-8-11-15/h6-8,10-11,13-14H,2-5,9,12H2,1H3. The Balaban J connectivity index is 1.85. The van der Waals surface area contributed by atoms with Gasteiger partial charge in [0.2, 0.25) is 0 Å². The molecule has 0 aliphatic heterocycles. The summed E-state index contributed by atoms with van der Waals surface area (Å²) in [5, 5.41) is 0. The van der Waals surface area contributed by atoms with E-state index in [4.69, 9.17) is 0 Å². The summed E-state index contributed by atoms with van der Waals surface area (Å²) in [6.07, 6.45) is 11.4. The van der Waals surface area contributed by atoms with Crippen LogP contribution in [0.1, 0.15) is 44.7 Å². The van der Waals surface area contributed by atoms with Crippen molar-refractivity contribution in [2.45, 2.75) is 45.4 Å². The highest BCUT2D eigenvalue weighted by atomic mass is 14.8. The van der Waals surface area contributed by atoms with Crippen LogP contribution in [0.15, 0.2) is 42.7 Å². The smallest absolute Gasteiger partial charge is 0.0885 e. The first-order chi connectivity index (χ1) is 9.40. The zero-order chi connectivity index (χ0) is 13.3. The van der Waals surface area contributed by atoms with E-state index in [-0.39, 0.29) is 0 Å². The van der Waals surface area contributed by atoms with Crippen LogP contribution in [0.3, 0.4) is 0 Å². The van der Waals surface area contributed by atoms with Gasteiger partial charge in [-0.25, -0.2) is 0 Å². The molecule has 2 aromatic rings. The van der Waals surface area contributed by atoms with E-state index < -0.39 is 0 Å². The maximum atomic E-state index is 4.51. The molecule has 0 bridgehead atoms. The molecule has 0 amide bonds. The Morgan fingerprint density at radius 1 is 0.842 bits per heavy atom.